The van der Waals surface area contributed by atoms with E-state index in [1.165, 1.54) is 25.7 Å². The van der Waals surface area contributed by atoms with Crippen LogP contribution < -0.4 is 4.90 Å². The standard InChI is InChI=1S/C32H37FN6O2/c33-32-15-22(16-32)25(17-32)28(40)38(23-2-1-3-24(14-23)39-18-26(35-37-39)20-4-5-20)19-30-8-11-31(12-9-30,13-10-30)29-34-27(36-41-29)21-6-7-21/h1-3,14,18,20-22,25H,4-13,15-17,19H2. The maximum absolute atomic E-state index is 15.0. The molecule has 1 amide bonds. The number of halogens is 1. The summed E-state index contributed by atoms with van der Waals surface area (Å²) in [6, 6.07) is 8.13. The van der Waals surface area contributed by atoms with Crippen LogP contribution in [-0.4, -0.2) is 43.3 Å². The quantitative estimate of drug-likeness (QED) is 0.330. The zero-order valence-corrected chi connectivity index (χ0v) is 23.5. The highest BCUT2D eigenvalue weighted by atomic mass is 19.1. The fourth-order valence-corrected chi connectivity index (χ4v) is 8.56. The van der Waals surface area contributed by atoms with Crippen molar-refractivity contribution in [2.24, 2.45) is 17.3 Å². The van der Waals surface area contributed by atoms with E-state index in [0.717, 1.165) is 67.3 Å². The van der Waals surface area contributed by atoms with E-state index >= 15 is 0 Å². The first kappa shape index (κ1) is 24.5. The van der Waals surface area contributed by atoms with Gasteiger partial charge in [-0.05, 0) is 113 Å². The highest BCUT2D eigenvalue weighted by Gasteiger charge is 2.60. The van der Waals surface area contributed by atoms with Crippen molar-refractivity contribution in [3.05, 3.63) is 47.9 Å². The van der Waals surface area contributed by atoms with Gasteiger partial charge in [-0.2, -0.15) is 4.98 Å². The second-order valence-corrected chi connectivity index (χ2v) is 14.4. The molecule has 8 saturated carbocycles. The Kier molecular flexibility index (Phi) is 5.06. The molecule has 0 N–H and O–H groups in total. The number of carbonyl (C=O) groups is 1. The number of nitrogens with zero attached hydrogens (tertiary/aromatic N) is 6. The number of amides is 1. The van der Waals surface area contributed by atoms with Crippen molar-refractivity contribution >= 4 is 11.6 Å². The number of benzene rings is 1. The van der Waals surface area contributed by atoms with Gasteiger partial charge in [0.15, 0.2) is 5.82 Å². The molecule has 1 aromatic carbocycles. The van der Waals surface area contributed by atoms with Crippen LogP contribution in [0.1, 0.15) is 113 Å². The third-order valence-electron chi connectivity index (χ3n) is 11.6. The largest absolute Gasteiger partial charge is 0.339 e. The van der Waals surface area contributed by atoms with Gasteiger partial charge in [0.2, 0.25) is 11.8 Å². The minimum atomic E-state index is -1.13. The predicted octanol–water partition coefficient (Wildman–Crippen LogP) is 6.17. The van der Waals surface area contributed by atoms with Gasteiger partial charge in [0.1, 0.15) is 5.67 Å². The topological polar surface area (TPSA) is 89.9 Å². The minimum Gasteiger partial charge on any atom is -0.339 e. The van der Waals surface area contributed by atoms with E-state index in [1.807, 2.05) is 34.0 Å². The van der Waals surface area contributed by atoms with E-state index in [1.54, 1.807) is 0 Å². The van der Waals surface area contributed by atoms with E-state index < -0.39 is 5.67 Å². The Labute approximate surface area is 239 Å². The Morgan fingerprint density at radius 2 is 1.78 bits per heavy atom. The van der Waals surface area contributed by atoms with Crippen molar-refractivity contribution in [1.29, 1.82) is 0 Å². The van der Waals surface area contributed by atoms with Crippen LogP contribution in [0.3, 0.4) is 0 Å². The SMILES string of the molecule is O=C(C1CC2(F)CC1C2)N(CC12CCC(c3nc(C4CC4)no3)(CC1)CC2)c1cccc(-n2cc(C3CC3)nn2)c1. The molecule has 8 nitrogen and oxygen atoms in total. The van der Waals surface area contributed by atoms with Gasteiger partial charge in [-0.25, -0.2) is 9.07 Å². The molecule has 0 saturated heterocycles. The smallest absolute Gasteiger partial charge is 0.232 e. The van der Waals surface area contributed by atoms with Crippen LogP contribution >= 0.6 is 0 Å². The van der Waals surface area contributed by atoms with Gasteiger partial charge < -0.3 is 9.42 Å². The molecule has 2 aromatic heterocycles. The molecule has 214 valence electrons. The second-order valence-electron chi connectivity index (χ2n) is 14.4. The molecular formula is C32H37FN6O2. The normalized spacial score (nSPS) is 35.4. The molecule has 1 atom stereocenters. The van der Waals surface area contributed by atoms with Crippen LogP contribution in [-0.2, 0) is 10.2 Å². The van der Waals surface area contributed by atoms with Gasteiger partial charge in [-0.15, -0.1) is 5.10 Å². The average molecular weight is 557 g/mol. The lowest BCUT2D eigenvalue weighted by Crippen LogP contribution is -2.51. The summed E-state index contributed by atoms with van der Waals surface area (Å²) in [6.07, 6.45) is 14.3. The Balaban J connectivity index is 0.999. The van der Waals surface area contributed by atoms with Crippen molar-refractivity contribution in [1.82, 2.24) is 25.1 Å². The van der Waals surface area contributed by atoms with E-state index in [-0.39, 0.29) is 28.6 Å². The molecule has 8 fully saturated rings. The molecule has 11 rings (SSSR count). The number of hydrogen-bond donors (Lipinski definition) is 0. The highest BCUT2D eigenvalue weighted by Crippen LogP contribution is 2.60. The first-order valence-corrected chi connectivity index (χ1v) is 15.8. The summed E-state index contributed by atoms with van der Waals surface area (Å²) < 4.78 is 22.6. The van der Waals surface area contributed by atoms with E-state index in [2.05, 4.69) is 21.5 Å². The summed E-state index contributed by atoms with van der Waals surface area (Å²) in [4.78, 5) is 21.1. The molecule has 4 bridgehead atoms. The molecule has 0 radical (unpaired) electrons. The number of aromatic nitrogens is 5. The van der Waals surface area contributed by atoms with Gasteiger partial charge in [0, 0.05) is 35.4 Å². The average Bonchev–Trinajstić information content (AvgIpc) is 3.84. The maximum Gasteiger partial charge on any atom is 0.232 e. The van der Waals surface area contributed by atoms with Crippen LogP contribution in [0, 0.1) is 17.3 Å². The highest BCUT2D eigenvalue weighted by molar-refractivity contribution is 5.96. The molecule has 9 heteroatoms. The van der Waals surface area contributed by atoms with Crippen LogP contribution in [0.4, 0.5) is 10.1 Å². The zero-order chi connectivity index (χ0) is 27.4. The van der Waals surface area contributed by atoms with Crippen LogP contribution in [0.15, 0.2) is 35.0 Å². The Morgan fingerprint density at radius 3 is 2.46 bits per heavy atom. The lowest BCUT2D eigenvalue weighted by atomic mass is 9.53. The van der Waals surface area contributed by atoms with Crippen LogP contribution in [0.2, 0.25) is 0 Å². The predicted molar refractivity (Wildman–Crippen MR) is 148 cm³/mol. The van der Waals surface area contributed by atoms with Crippen LogP contribution in [0.5, 0.6) is 0 Å². The molecule has 8 aliphatic carbocycles. The molecule has 3 aromatic rings. The Morgan fingerprint density at radius 1 is 1.02 bits per heavy atom. The van der Waals surface area contributed by atoms with Crippen molar-refractivity contribution in [2.75, 3.05) is 11.4 Å². The van der Waals surface area contributed by atoms with Gasteiger partial charge in [-0.1, -0.05) is 16.4 Å². The number of anilines is 1. The fraction of sp³-hybridized carbons (Fsp3) is 0.656. The third-order valence-corrected chi connectivity index (χ3v) is 11.6. The molecule has 0 spiro atoms. The van der Waals surface area contributed by atoms with Gasteiger partial charge in [0.25, 0.3) is 0 Å². The third kappa shape index (κ3) is 4.01. The fourth-order valence-electron chi connectivity index (χ4n) is 8.56. The molecule has 41 heavy (non-hydrogen) atoms. The summed E-state index contributed by atoms with van der Waals surface area (Å²) in [7, 11) is 0. The van der Waals surface area contributed by atoms with Crippen molar-refractivity contribution in [3.63, 3.8) is 0 Å². The number of hydrogen-bond acceptors (Lipinski definition) is 6. The monoisotopic (exact) mass is 556 g/mol. The van der Waals surface area contributed by atoms with Crippen molar-refractivity contribution in [3.8, 4) is 5.69 Å². The lowest BCUT2D eigenvalue weighted by Gasteiger charge is -2.53. The zero-order valence-electron chi connectivity index (χ0n) is 23.5. The van der Waals surface area contributed by atoms with E-state index in [4.69, 9.17) is 9.51 Å². The minimum absolute atomic E-state index is 0.0176. The number of carbonyl (C=O) groups excluding carboxylic acids is 1. The summed E-state index contributed by atoms with van der Waals surface area (Å²) in [5, 5.41) is 13.1. The molecule has 8 aliphatic rings. The number of rotatable bonds is 8. The Bertz CT molecular complexity index is 1490. The number of fused-ring (bicyclic) bond motifs is 4. The first-order valence-electron chi connectivity index (χ1n) is 15.8. The van der Waals surface area contributed by atoms with E-state index in [9.17, 15) is 9.18 Å². The van der Waals surface area contributed by atoms with Gasteiger partial charge in [0.05, 0.1) is 17.6 Å². The second kappa shape index (κ2) is 8.48. The Hall–Kier alpha value is -3.10. The lowest BCUT2D eigenvalue weighted by molar-refractivity contribution is -0.123. The van der Waals surface area contributed by atoms with Gasteiger partial charge >= 0.3 is 0 Å². The van der Waals surface area contributed by atoms with E-state index in [0.29, 0.717) is 37.6 Å². The van der Waals surface area contributed by atoms with Crippen molar-refractivity contribution in [2.45, 2.75) is 106 Å². The van der Waals surface area contributed by atoms with Crippen LogP contribution in [0.25, 0.3) is 5.69 Å². The molecule has 0 aliphatic heterocycles. The first-order chi connectivity index (χ1) is 19.9. The number of alkyl halides is 1. The molecule has 2 heterocycles. The summed E-state index contributed by atoms with van der Waals surface area (Å²) in [6.45, 7) is 0.676. The molecular weight excluding hydrogens is 519 g/mol. The summed E-state index contributed by atoms with van der Waals surface area (Å²) in [5.74, 6) is 2.81. The van der Waals surface area contributed by atoms with Gasteiger partial charge in [-0.3, -0.25) is 4.79 Å². The maximum atomic E-state index is 15.0. The van der Waals surface area contributed by atoms with Crippen molar-refractivity contribution < 1.29 is 13.7 Å². The summed E-state index contributed by atoms with van der Waals surface area (Å²) in [5.41, 5.74) is 1.74. The summed E-state index contributed by atoms with van der Waals surface area (Å²) >= 11 is 0. The molecule has 1 unspecified atom stereocenters.